The molecule has 168 valence electrons. The number of anilines is 3. The molecule has 11 heteroatoms. The standard InChI is InChI=1S/C22H22ClN9O/c1-25-19-10-26-21-20(27-15-4-5-15)29-22(30-32(19)21)28-18-8-14(9-24)13(7-17(18)23)3-2-6-31-11-16(33)12-31/h7-8,10,15-16,33H,2-6,11-12H2,(H2,27,28,29,30). The Morgan fingerprint density at radius 1 is 1.33 bits per heavy atom. The number of β-amino-alcohol motifs (C(OH)–C–C–N with tert-alkyl or cyclic N) is 1. The number of nitrogens with zero attached hydrogens (tertiary/aromatic N) is 7. The third-order valence-corrected chi connectivity index (χ3v) is 6.11. The molecule has 1 aliphatic carbocycles. The number of aliphatic hydroxyl groups excluding tert-OH is 1. The van der Waals surface area contributed by atoms with E-state index in [1.807, 2.05) is 0 Å². The summed E-state index contributed by atoms with van der Waals surface area (Å²) in [5.41, 5.74) is 2.43. The Kier molecular flexibility index (Phi) is 5.73. The van der Waals surface area contributed by atoms with Gasteiger partial charge in [-0.05, 0) is 49.9 Å². The van der Waals surface area contributed by atoms with E-state index in [9.17, 15) is 10.4 Å². The number of aromatic nitrogens is 4. The van der Waals surface area contributed by atoms with E-state index in [0.29, 0.717) is 46.9 Å². The highest BCUT2D eigenvalue weighted by Crippen LogP contribution is 2.31. The van der Waals surface area contributed by atoms with Crippen LogP contribution in [0.4, 0.5) is 23.3 Å². The largest absolute Gasteiger partial charge is 0.390 e. The molecule has 1 aromatic carbocycles. The SMILES string of the molecule is [C-]#[N+]c1cnc2c(NC3CC3)nc(Nc3cc(C#N)c(CCCN4CC(O)C4)cc3Cl)nn12. The highest BCUT2D eigenvalue weighted by molar-refractivity contribution is 6.33. The minimum absolute atomic E-state index is 0.214. The van der Waals surface area contributed by atoms with Crippen LogP contribution in [0.5, 0.6) is 0 Å². The van der Waals surface area contributed by atoms with Crippen molar-refractivity contribution < 1.29 is 5.11 Å². The number of rotatable bonds is 8. The number of hydrogen-bond acceptors (Lipinski definition) is 8. The molecule has 0 spiro atoms. The number of fused-ring (bicyclic) bond motifs is 1. The summed E-state index contributed by atoms with van der Waals surface area (Å²) in [6.45, 7) is 9.66. The zero-order valence-electron chi connectivity index (χ0n) is 17.8. The summed E-state index contributed by atoms with van der Waals surface area (Å²) in [6.07, 6.45) is 4.97. The molecule has 5 rings (SSSR count). The average molecular weight is 464 g/mol. The molecule has 1 saturated heterocycles. The summed E-state index contributed by atoms with van der Waals surface area (Å²) in [6, 6.07) is 6.10. The second kappa shape index (κ2) is 8.83. The number of hydrogen-bond donors (Lipinski definition) is 3. The van der Waals surface area contributed by atoms with E-state index in [-0.39, 0.29) is 17.9 Å². The summed E-state index contributed by atoms with van der Waals surface area (Å²) in [5.74, 6) is 1.08. The van der Waals surface area contributed by atoms with Crippen LogP contribution in [0, 0.1) is 17.9 Å². The Hall–Kier alpha value is -3.44. The summed E-state index contributed by atoms with van der Waals surface area (Å²) >= 11 is 6.54. The van der Waals surface area contributed by atoms with Crippen LogP contribution in [0.15, 0.2) is 18.3 Å². The minimum atomic E-state index is -0.214. The van der Waals surface area contributed by atoms with Gasteiger partial charge in [-0.15, -0.1) is 4.52 Å². The van der Waals surface area contributed by atoms with Crippen molar-refractivity contribution in [3.05, 3.63) is 45.9 Å². The lowest BCUT2D eigenvalue weighted by Crippen LogP contribution is -2.50. The molecule has 3 aromatic rings. The molecule has 2 aromatic heterocycles. The van der Waals surface area contributed by atoms with Crippen LogP contribution in [0.1, 0.15) is 30.4 Å². The third-order valence-electron chi connectivity index (χ3n) is 5.80. The average Bonchev–Trinajstić information content (AvgIpc) is 3.50. The smallest absolute Gasteiger partial charge is 0.275 e. The number of imidazole rings is 1. The Morgan fingerprint density at radius 2 is 2.15 bits per heavy atom. The molecule has 10 nitrogen and oxygen atoms in total. The molecular weight excluding hydrogens is 442 g/mol. The van der Waals surface area contributed by atoms with Crippen LogP contribution in [0.3, 0.4) is 0 Å². The second-order valence-electron chi connectivity index (χ2n) is 8.41. The fourth-order valence-electron chi connectivity index (χ4n) is 3.88. The van der Waals surface area contributed by atoms with Gasteiger partial charge in [0.1, 0.15) is 0 Å². The molecule has 3 N–H and O–H groups in total. The van der Waals surface area contributed by atoms with E-state index in [1.54, 1.807) is 12.1 Å². The van der Waals surface area contributed by atoms with Gasteiger partial charge in [0, 0.05) is 19.1 Å². The van der Waals surface area contributed by atoms with Gasteiger partial charge >= 0.3 is 0 Å². The number of nitrogens with one attached hydrogen (secondary N) is 2. The first-order valence-electron chi connectivity index (χ1n) is 10.8. The van der Waals surface area contributed by atoms with E-state index in [4.69, 9.17) is 18.2 Å². The van der Waals surface area contributed by atoms with Gasteiger partial charge in [0.05, 0.1) is 34.6 Å². The fourth-order valence-corrected chi connectivity index (χ4v) is 4.11. The van der Waals surface area contributed by atoms with Crippen LogP contribution in [-0.4, -0.2) is 61.4 Å². The van der Waals surface area contributed by atoms with E-state index < -0.39 is 0 Å². The number of nitriles is 1. The molecule has 3 heterocycles. The predicted octanol–water partition coefficient (Wildman–Crippen LogP) is 3.13. The highest BCUT2D eigenvalue weighted by atomic mass is 35.5. The first-order valence-corrected chi connectivity index (χ1v) is 11.2. The van der Waals surface area contributed by atoms with E-state index in [0.717, 1.165) is 37.8 Å². The number of aliphatic hydroxyl groups is 1. The van der Waals surface area contributed by atoms with Crippen molar-refractivity contribution >= 4 is 40.5 Å². The summed E-state index contributed by atoms with van der Waals surface area (Å²) in [4.78, 5) is 14.5. The zero-order valence-corrected chi connectivity index (χ0v) is 18.5. The molecule has 0 atom stereocenters. The lowest BCUT2D eigenvalue weighted by molar-refractivity contribution is 0.00188. The van der Waals surface area contributed by atoms with Gasteiger partial charge in [-0.1, -0.05) is 23.3 Å². The van der Waals surface area contributed by atoms with E-state index in [2.05, 4.69) is 41.5 Å². The first-order chi connectivity index (χ1) is 16.0. The number of halogens is 1. The second-order valence-corrected chi connectivity index (χ2v) is 8.82. The molecule has 33 heavy (non-hydrogen) atoms. The Bertz CT molecular complexity index is 1280. The number of benzene rings is 1. The van der Waals surface area contributed by atoms with Crippen LogP contribution in [-0.2, 0) is 6.42 Å². The molecule has 0 unspecified atom stereocenters. The molecular formula is C22H22ClN9O. The van der Waals surface area contributed by atoms with Gasteiger partial charge in [0.15, 0.2) is 5.82 Å². The molecule has 0 amide bonds. The zero-order chi connectivity index (χ0) is 22.9. The highest BCUT2D eigenvalue weighted by Gasteiger charge is 2.26. The monoisotopic (exact) mass is 463 g/mol. The maximum Gasteiger partial charge on any atom is 0.275 e. The molecule has 1 aliphatic heterocycles. The lowest BCUT2D eigenvalue weighted by Gasteiger charge is -2.35. The van der Waals surface area contributed by atoms with Crippen molar-refractivity contribution in [3.8, 4) is 6.07 Å². The van der Waals surface area contributed by atoms with Crippen LogP contribution < -0.4 is 10.6 Å². The van der Waals surface area contributed by atoms with Crippen LogP contribution >= 0.6 is 11.6 Å². The Labute approximate surface area is 195 Å². The van der Waals surface area contributed by atoms with Crippen molar-refractivity contribution in [2.75, 3.05) is 30.3 Å². The summed E-state index contributed by atoms with van der Waals surface area (Å²) in [5, 5.41) is 30.4. The van der Waals surface area contributed by atoms with Crippen molar-refractivity contribution in [2.24, 2.45) is 0 Å². The number of likely N-dealkylation sites (tertiary alicyclic amines) is 1. The maximum atomic E-state index is 9.68. The van der Waals surface area contributed by atoms with Crippen LogP contribution in [0.25, 0.3) is 10.5 Å². The van der Waals surface area contributed by atoms with Gasteiger partial charge in [-0.2, -0.15) is 10.2 Å². The maximum absolute atomic E-state index is 9.68. The molecule has 2 aliphatic rings. The quantitative estimate of drug-likeness (QED) is 0.436. The van der Waals surface area contributed by atoms with E-state index >= 15 is 0 Å². The van der Waals surface area contributed by atoms with Gasteiger partial charge in [-0.3, -0.25) is 4.90 Å². The van der Waals surface area contributed by atoms with Crippen molar-refractivity contribution in [1.82, 2.24) is 24.5 Å². The Balaban J connectivity index is 1.38. The van der Waals surface area contributed by atoms with Gasteiger partial charge in [0.25, 0.3) is 17.4 Å². The molecule has 2 fully saturated rings. The topological polar surface area (TPSA) is 119 Å². The van der Waals surface area contributed by atoms with Gasteiger partial charge in [-0.25, -0.2) is 4.98 Å². The summed E-state index contributed by atoms with van der Waals surface area (Å²) < 4.78 is 1.45. The van der Waals surface area contributed by atoms with Gasteiger partial charge < -0.3 is 20.6 Å². The van der Waals surface area contributed by atoms with Crippen molar-refractivity contribution in [2.45, 2.75) is 37.8 Å². The minimum Gasteiger partial charge on any atom is -0.390 e. The fraction of sp³-hybridized carbons (Fsp3) is 0.409. The number of aryl methyl sites for hydroxylation is 1. The molecule has 1 saturated carbocycles. The molecule has 0 bridgehead atoms. The first kappa shape index (κ1) is 21.4. The van der Waals surface area contributed by atoms with E-state index in [1.165, 1.54) is 10.7 Å². The van der Waals surface area contributed by atoms with Crippen molar-refractivity contribution in [1.29, 1.82) is 5.26 Å². The lowest BCUT2D eigenvalue weighted by atomic mass is 10.0. The van der Waals surface area contributed by atoms with Crippen LogP contribution in [0.2, 0.25) is 5.02 Å². The molecule has 0 radical (unpaired) electrons. The van der Waals surface area contributed by atoms with Crippen molar-refractivity contribution in [3.63, 3.8) is 0 Å². The predicted molar refractivity (Wildman–Crippen MR) is 124 cm³/mol. The van der Waals surface area contributed by atoms with Gasteiger partial charge in [0.2, 0.25) is 0 Å². The Morgan fingerprint density at radius 3 is 2.85 bits per heavy atom. The third kappa shape index (κ3) is 4.55. The summed E-state index contributed by atoms with van der Waals surface area (Å²) in [7, 11) is 0. The normalized spacial score (nSPS) is 16.2.